The molecule has 0 saturated carbocycles. The Morgan fingerprint density at radius 3 is 2.56 bits per heavy atom. The number of hydrogen-bond donors (Lipinski definition) is 2. The third-order valence-corrected chi connectivity index (χ3v) is 4.50. The first-order chi connectivity index (χ1) is 8.29. The second kappa shape index (κ2) is 5.85. The van der Waals surface area contributed by atoms with Crippen LogP contribution in [-0.4, -0.2) is 19.0 Å². The highest BCUT2D eigenvalue weighted by Crippen LogP contribution is 2.27. The summed E-state index contributed by atoms with van der Waals surface area (Å²) in [5, 5.41) is 5.12. The van der Waals surface area contributed by atoms with E-state index in [1.807, 2.05) is 19.9 Å². The topological polar surface area (TPSA) is 55.1 Å². The van der Waals surface area contributed by atoms with E-state index in [-0.39, 0.29) is 16.7 Å². The van der Waals surface area contributed by atoms with Crippen LogP contribution in [-0.2, 0) is 10.2 Å². The van der Waals surface area contributed by atoms with E-state index in [1.54, 1.807) is 11.3 Å². The number of amides is 1. The lowest BCUT2D eigenvalue weighted by Crippen LogP contribution is -2.43. The minimum atomic E-state index is -0.389. The molecule has 0 spiro atoms. The molecular formula is C14H24N2OS. The average Bonchev–Trinajstić information content (AvgIpc) is 2.79. The van der Waals surface area contributed by atoms with Crippen molar-refractivity contribution >= 4 is 17.2 Å². The van der Waals surface area contributed by atoms with E-state index < -0.39 is 0 Å². The molecule has 0 saturated heterocycles. The van der Waals surface area contributed by atoms with Crippen molar-refractivity contribution in [3.05, 3.63) is 22.4 Å². The molecule has 0 bridgehead atoms. The van der Waals surface area contributed by atoms with Gasteiger partial charge in [-0.25, -0.2) is 0 Å². The summed E-state index contributed by atoms with van der Waals surface area (Å²) in [7, 11) is 0. The number of rotatable bonds is 6. The molecule has 0 aromatic carbocycles. The summed E-state index contributed by atoms with van der Waals surface area (Å²) in [5.41, 5.74) is 5.12. The molecular weight excluding hydrogens is 244 g/mol. The van der Waals surface area contributed by atoms with Gasteiger partial charge in [-0.15, -0.1) is 11.3 Å². The highest BCUT2D eigenvalue weighted by molar-refractivity contribution is 7.10. The Hall–Kier alpha value is -0.870. The van der Waals surface area contributed by atoms with Crippen molar-refractivity contribution in [2.75, 3.05) is 13.1 Å². The van der Waals surface area contributed by atoms with Crippen molar-refractivity contribution in [3.8, 4) is 0 Å². The van der Waals surface area contributed by atoms with Gasteiger partial charge in [0.05, 0.1) is 0 Å². The molecule has 4 heteroatoms. The second-order valence-corrected chi connectivity index (χ2v) is 6.91. The minimum absolute atomic E-state index is 0.0252. The van der Waals surface area contributed by atoms with Crippen molar-refractivity contribution in [1.82, 2.24) is 5.32 Å². The van der Waals surface area contributed by atoms with Gasteiger partial charge < -0.3 is 11.1 Å². The standard InChI is InChI=1S/C14H24N2OS/c1-13(2,7-8-15)12(17)16-10-14(3,4)11-6-5-9-18-11/h5-6,9H,7-8,10,15H2,1-4H3,(H,16,17). The van der Waals surface area contributed by atoms with E-state index in [1.165, 1.54) is 4.88 Å². The van der Waals surface area contributed by atoms with E-state index in [2.05, 4.69) is 30.6 Å². The highest BCUT2D eigenvalue weighted by atomic mass is 32.1. The number of hydrogen-bond acceptors (Lipinski definition) is 3. The van der Waals surface area contributed by atoms with Gasteiger partial charge in [0.1, 0.15) is 0 Å². The Bertz CT molecular complexity index is 383. The van der Waals surface area contributed by atoms with Crippen LogP contribution in [0.2, 0.25) is 0 Å². The first-order valence-corrected chi connectivity index (χ1v) is 7.20. The third kappa shape index (κ3) is 3.82. The maximum absolute atomic E-state index is 12.1. The predicted octanol–water partition coefficient (Wildman–Crippen LogP) is 2.52. The number of nitrogens with one attached hydrogen (secondary N) is 1. The molecule has 3 nitrogen and oxygen atoms in total. The van der Waals surface area contributed by atoms with Crippen LogP contribution in [0.1, 0.15) is 39.0 Å². The van der Waals surface area contributed by atoms with Gasteiger partial charge in [0.25, 0.3) is 0 Å². The normalized spacial score (nSPS) is 12.5. The Labute approximate surface area is 114 Å². The Morgan fingerprint density at radius 1 is 1.39 bits per heavy atom. The largest absolute Gasteiger partial charge is 0.355 e. The zero-order chi connectivity index (χ0) is 13.8. The van der Waals surface area contributed by atoms with E-state index in [9.17, 15) is 4.79 Å². The van der Waals surface area contributed by atoms with Crippen LogP contribution in [0.4, 0.5) is 0 Å². The summed E-state index contributed by atoms with van der Waals surface area (Å²) in [6.07, 6.45) is 0.707. The molecule has 0 atom stereocenters. The summed E-state index contributed by atoms with van der Waals surface area (Å²) >= 11 is 1.73. The van der Waals surface area contributed by atoms with Gasteiger partial charge in [-0.05, 0) is 24.4 Å². The van der Waals surface area contributed by atoms with E-state index in [0.717, 1.165) is 0 Å². The van der Waals surface area contributed by atoms with Crippen molar-refractivity contribution in [2.24, 2.45) is 11.1 Å². The molecule has 0 aliphatic rings. The van der Waals surface area contributed by atoms with Gasteiger partial charge in [0.2, 0.25) is 5.91 Å². The fraction of sp³-hybridized carbons (Fsp3) is 0.643. The lowest BCUT2D eigenvalue weighted by atomic mass is 9.86. The van der Waals surface area contributed by atoms with Crippen molar-refractivity contribution in [3.63, 3.8) is 0 Å². The Kier molecular flexibility index (Phi) is 4.93. The zero-order valence-electron chi connectivity index (χ0n) is 11.7. The van der Waals surface area contributed by atoms with Crippen LogP contribution < -0.4 is 11.1 Å². The minimum Gasteiger partial charge on any atom is -0.355 e. The maximum atomic E-state index is 12.1. The summed E-state index contributed by atoms with van der Waals surface area (Å²) < 4.78 is 0. The smallest absolute Gasteiger partial charge is 0.225 e. The molecule has 0 aliphatic carbocycles. The maximum Gasteiger partial charge on any atom is 0.225 e. The van der Waals surface area contributed by atoms with Crippen LogP contribution in [0.5, 0.6) is 0 Å². The number of thiophene rings is 1. The van der Waals surface area contributed by atoms with Crippen LogP contribution in [0.15, 0.2) is 17.5 Å². The summed E-state index contributed by atoms with van der Waals surface area (Å²) in [6.45, 7) is 9.36. The van der Waals surface area contributed by atoms with E-state index in [0.29, 0.717) is 19.5 Å². The average molecular weight is 268 g/mol. The van der Waals surface area contributed by atoms with Gasteiger partial charge in [0.15, 0.2) is 0 Å². The van der Waals surface area contributed by atoms with Gasteiger partial charge in [-0.3, -0.25) is 4.79 Å². The lowest BCUT2D eigenvalue weighted by molar-refractivity contribution is -0.129. The monoisotopic (exact) mass is 268 g/mol. The molecule has 1 aromatic heterocycles. The van der Waals surface area contributed by atoms with Crippen LogP contribution in [0.25, 0.3) is 0 Å². The molecule has 102 valence electrons. The molecule has 18 heavy (non-hydrogen) atoms. The lowest BCUT2D eigenvalue weighted by Gasteiger charge is -2.28. The predicted molar refractivity (Wildman–Crippen MR) is 77.8 cm³/mol. The van der Waals surface area contributed by atoms with E-state index in [4.69, 9.17) is 5.73 Å². The summed E-state index contributed by atoms with van der Waals surface area (Å²) in [4.78, 5) is 13.4. The fourth-order valence-electron chi connectivity index (χ4n) is 1.77. The molecule has 3 N–H and O–H groups in total. The van der Waals surface area contributed by atoms with Crippen molar-refractivity contribution in [1.29, 1.82) is 0 Å². The Morgan fingerprint density at radius 2 is 2.06 bits per heavy atom. The molecule has 0 radical (unpaired) electrons. The van der Waals surface area contributed by atoms with Gasteiger partial charge in [-0.1, -0.05) is 33.8 Å². The first kappa shape index (κ1) is 15.2. The molecule has 0 unspecified atom stereocenters. The van der Waals surface area contributed by atoms with Gasteiger partial charge in [-0.2, -0.15) is 0 Å². The fourth-order valence-corrected chi connectivity index (χ4v) is 2.62. The Balaban J connectivity index is 2.58. The molecule has 1 aromatic rings. The number of carbonyl (C=O) groups excluding carboxylic acids is 1. The number of carbonyl (C=O) groups is 1. The molecule has 1 rings (SSSR count). The molecule has 1 amide bonds. The third-order valence-electron chi connectivity index (χ3n) is 3.26. The highest BCUT2D eigenvalue weighted by Gasteiger charge is 2.29. The van der Waals surface area contributed by atoms with Crippen LogP contribution in [0, 0.1) is 5.41 Å². The van der Waals surface area contributed by atoms with Crippen molar-refractivity contribution in [2.45, 2.75) is 39.5 Å². The molecule has 0 fully saturated rings. The first-order valence-electron chi connectivity index (χ1n) is 6.32. The summed E-state index contributed by atoms with van der Waals surface area (Å²) in [6, 6.07) is 4.16. The second-order valence-electron chi connectivity index (χ2n) is 5.97. The van der Waals surface area contributed by atoms with Gasteiger partial charge in [0, 0.05) is 22.3 Å². The quantitative estimate of drug-likeness (QED) is 0.833. The van der Waals surface area contributed by atoms with E-state index >= 15 is 0 Å². The zero-order valence-corrected chi connectivity index (χ0v) is 12.6. The SMILES string of the molecule is CC(C)(CCN)C(=O)NCC(C)(C)c1cccs1. The molecule has 0 aliphatic heterocycles. The summed E-state index contributed by atoms with van der Waals surface area (Å²) in [5.74, 6) is 0.0811. The van der Waals surface area contributed by atoms with Gasteiger partial charge >= 0.3 is 0 Å². The van der Waals surface area contributed by atoms with Crippen LogP contribution >= 0.6 is 11.3 Å². The molecule has 1 heterocycles. The number of nitrogens with two attached hydrogens (primary N) is 1. The van der Waals surface area contributed by atoms with Crippen molar-refractivity contribution < 1.29 is 4.79 Å². The van der Waals surface area contributed by atoms with Crippen LogP contribution in [0.3, 0.4) is 0 Å².